The number of benzene rings is 1. The third-order valence-corrected chi connectivity index (χ3v) is 5.03. The summed E-state index contributed by atoms with van der Waals surface area (Å²) in [7, 11) is -1.35. The fourth-order valence-corrected chi connectivity index (χ4v) is 3.62. The van der Waals surface area contributed by atoms with Gasteiger partial charge in [0, 0.05) is 98.9 Å². The Bertz CT molecular complexity index is 432. The van der Waals surface area contributed by atoms with Gasteiger partial charge in [0.1, 0.15) is 11.5 Å². The average Bonchev–Trinajstić information content (AvgIpc) is 2.41. The van der Waals surface area contributed by atoms with Crippen molar-refractivity contribution in [1.82, 2.24) is 0 Å². The molecule has 1 aromatic carbocycles. The van der Waals surface area contributed by atoms with Crippen LogP contribution in [0.4, 0.5) is 0 Å². The summed E-state index contributed by atoms with van der Waals surface area (Å²) in [5, 5.41) is 19.6. The predicted octanol–water partition coefficient (Wildman–Crippen LogP) is 0.897. The van der Waals surface area contributed by atoms with Crippen LogP contribution < -0.4 is 0 Å². The number of hydrogen-bond acceptors (Lipinski definition) is 4. The van der Waals surface area contributed by atoms with E-state index in [-0.39, 0.29) is 94.0 Å². The van der Waals surface area contributed by atoms with Crippen LogP contribution in [0.1, 0.15) is 13.8 Å². The summed E-state index contributed by atoms with van der Waals surface area (Å²) in [6.45, 7) is 3.42. The van der Waals surface area contributed by atoms with Crippen LogP contribution in [-0.4, -0.2) is 38.2 Å². The van der Waals surface area contributed by atoms with E-state index in [1.807, 2.05) is 18.2 Å². The van der Waals surface area contributed by atoms with Crippen LogP contribution in [0.5, 0.6) is 0 Å². The van der Waals surface area contributed by atoms with Crippen LogP contribution in [0.15, 0.2) is 35.2 Å². The minimum Gasteiger partial charge on any atom is -0.390 e. The fraction of sp³-hybridized carbons (Fsp3) is 0.538. The number of aliphatic hydroxyl groups is 2. The first kappa shape index (κ1) is 22.1. The molecule has 0 aromatic heterocycles. The number of rotatable bonds is 2. The molecule has 6 unspecified atom stereocenters. The minimum atomic E-state index is -1.35. The van der Waals surface area contributed by atoms with Crippen molar-refractivity contribution in [1.29, 1.82) is 0 Å². The molecule has 0 saturated carbocycles. The Labute approximate surface area is 193 Å². The Hall–Kier alpha value is 2.13. The second kappa shape index (κ2) is 10.1. The van der Waals surface area contributed by atoms with Gasteiger partial charge in [-0.25, -0.2) is 0 Å². The van der Waals surface area contributed by atoms with Gasteiger partial charge in [-0.05, 0) is 19.1 Å². The summed E-state index contributed by atoms with van der Waals surface area (Å²) >= 11 is 0. The first-order valence-electron chi connectivity index (χ1n) is 5.99. The molecule has 1 fully saturated rings. The van der Waals surface area contributed by atoms with E-state index in [0.29, 0.717) is 4.90 Å². The molecule has 0 aliphatic carbocycles. The quantitative estimate of drug-likeness (QED) is 0.477. The van der Waals surface area contributed by atoms with Crippen LogP contribution in [0.25, 0.3) is 0 Å². The van der Waals surface area contributed by atoms with Crippen LogP contribution >= 0.6 is 0 Å². The summed E-state index contributed by atoms with van der Waals surface area (Å²) in [5.74, 6) is -0.378. The molecule has 6 atom stereocenters. The summed E-state index contributed by atoms with van der Waals surface area (Å²) in [6.07, 6.45) is -2.36. The van der Waals surface area contributed by atoms with E-state index in [1.165, 1.54) is 0 Å². The van der Waals surface area contributed by atoms with Crippen molar-refractivity contribution in [2.75, 3.05) is 0 Å². The Morgan fingerprint density at radius 2 is 1.60 bits per heavy atom. The molecule has 2 radical (unpaired) electrons. The second-order valence-electron chi connectivity index (χ2n) is 4.66. The summed E-state index contributed by atoms with van der Waals surface area (Å²) in [4.78, 5) is 0.671. The average molecular weight is 724 g/mol. The molecule has 2 rings (SSSR count). The van der Waals surface area contributed by atoms with Crippen molar-refractivity contribution in [2.24, 2.45) is 5.92 Å². The van der Waals surface area contributed by atoms with Crippen molar-refractivity contribution < 1.29 is 107 Å². The van der Waals surface area contributed by atoms with E-state index in [2.05, 4.69) is 0 Å². The van der Waals surface area contributed by atoms with Crippen molar-refractivity contribution in [2.45, 2.75) is 42.5 Å². The summed E-state index contributed by atoms with van der Waals surface area (Å²) in [5.41, 5.74) is -0.596. The van der Waals surface area contributed by atoms with Crippen molar-refractivity contribution in [3.63, 3.8) is 0 Å². The first-order chi connectivity index (χ1) is 8.52. The number of ether oxygens (including phenoxy) is 1. The van der Waals surface area contributed by atoms with Gasteiger partial charge in [0.2, 0.25) is 0 Å². The first-order valence-corrected chi connectivity index (χ1v) is 7.21. The molecule has 20 heavy (non-hydrogen) atoms. The third kappa shape index (κ3) is 5.07. The van der Waals surface area contributed by atoms with E-state index in [9.17, 15) is 14.4 Å². The molecule has 2 N–H and O–H groups in total. The van der Waals surface area contributed by atoms with Crippen LogP contribution in [0.3, 0.4) is 0 Å². The monoisotopic (exact) mass is 724 g/mol. The summed E-state index contributed by atoms with van der Waals surface area (Å²) in [6, 6.07) is 9.03. The molecular formula is C13H18Ac2O4S. The molecule has 106 valence electrons. The maximum Gasteiger partial charge on any atom is 0.142 e. The van der Waals surface area contributed by atoms with Gasteiger partial charge in [0.05, 0.1) is 23.0 Å². The number of aliphatic hydroxyl groups excluding tert-OH is 2. The standard InChI is InChI=1S/C13H18O4S.2Ac/c1-8-11(14)12(15)9(2)17-13(8)18(16)10-6-4-3-5-7-10;;/h3-9,11-15H,1-2H3;;. The third-order valence-electron chi connectivity index (χ3n) is 3.33. The number of hydrogen-bond donors (Lipinski definition) is 2. The second-order valence-corrected chi connectivity index (χ2v) is 6.19. The van der Waals surface area contributed by atoms with Crippen molar-refractivity contribution in [3.05, 3.63) is 30.3 Å². The summed E-state index contributed by atoms with van der Waals surface area (Å²) < 4.78 is 18.0. The van der Waals surface area contributed by atoms with E-state index < -0.39 is 34.5 Å². The molecule has 4 nitrogen and oxygen atoms in total. The SMILES string of the molecule is CC1OC(S(=O)c2ccccc2)C(C)C(O)C1O.[Ac].[Ac]. The zero-order valence-electron chi connectivity index (χ0n) is 11.5. The molecule has 1 aliphatic rings. The van der Waals surface area contributed by atoms with Gasteiger partial charge in [0.15, 0.2) is 0 Å². The van der Waals surface area contributed by atoms with E-state index in [0.717, 1.165) is 0 Å². The molecule has 1 saturated heterocycles. The van der Waals surface area contributed by atoms with Crippen LogP contribution in [0, 0.1) is 94.0 Å². The van der Waals surface area contributed by atoms with Gasteiger partial charge in [-0.3, -0.25) is 4.21 Å². The molecule has 0 bridgehead atoms. The Morgan fingerprint density at radius 3 is 2.15 bits per heavy atom. The Morgan fingerprint density at radius 1 is 1.05 bits per heavy atom. The Kier molecular flexibility index (Phi) is 11.2. The van der Waals surface area contributed by atoms with E-state index >= 15 is 0 Å². The Balaban J connectivity index is 0.00000180. The van der Waals surface area contributed by atoms with Crippen LogP contribution in [-0.2, 0) is 15.5 Å². The molecule has 1 aromatic rings. The minimum absolute atomic E-state index is 0. The molecule has 1 aliphatic heterocycles. The van der Waals surface area contributed by atoms with Gasteiger partial charge in [0.25, 0.3) is 0 Å². The normalized spacial score (nSPS) is 34.5. The topological polar surface area (TPSA) is 66.8 Å². The van der Waals surface area contributed by atoms with Gasteiger partial charge in [-0.1, -0.05) is 25.1 Å². The van der Waals surface area contributed by atoms with Crippen molar-refractivity contribution in [3.8, 4) is 0 Å². The molecule has 0 amide bonds. The smallest absolute Gasteiger partial charge is 0.142 e. The van der Waals surface area contributed by atoms with Crippen molar-refractivity contribution >= 4 is 10.8 Å². The molecule has 0 spiro atoms. The maximum atomic E-state index is 12.4. The molecule has 1 heterocycles. The predicted molar refractivity (Wildman–Crippen MR) is 68.4 cm³/mol. The fourth-order valence-electron chi connectivity index (χ4n) is 2.10. The van der Waals surface area contributed by atoms with Gasteiger partial charge in [-0.2, -0.15) is 0 Å². The van der Waals surface area contributed by atoms with E-state index in [4.69, 9.17) is 4.74 Å². The molecular weight excluding hydrogens is 706 g/mol. The maximum absolute atomic E-state index is 12.4. The van der Waals surface area contributed by atoms with E-state index in [1.54, 1.807) is 26.0 Å². The zero-order valence-corrected chi connectivity index (χ0v) is 21.9. The largest absolute Gasteiger partial charge is 0.390 e. The molecule has 7 heteroatoms. The van der Waals surface area contributed by atoms with Crippen LogP contribution in [0.2, 0.25) is 0 Å². The van der Waals surface area contributed by atoms with Gasteiger partial charge >= 0.3 is 0 Å². The zero-order chi connectivity index (χ0) is 13.3. The van der Waals surface area contributed by atoms with Gasteiger partial charge in [-0.15, -0.1) is 0 Å². The van der Waals surface area contributed by atoms with Gasteiger partial charge < -0.3 is 14.9 Å².